The van der Waals surface area contributed by atoms with Crippen LogP contribution < -0.4 is 10.1 Å². The second kappa shape index (κ2) is 6.01. The highest BCUT2D eigenvalue weighted by molar-refractivity contribution is 5.81. The Morgan fingerprint density at radius 1 is 1.38 bits per heavy atom. The Balaban J connectivity index is 1.62. The van der Waals surface area contributed by atoms with Gasteiger partial charge in [0.1, 0.15) is 5.75 Å². The van der Waals surface area contributed by atoms with Crippen molar-refractivity contribution in [3.8, 4) is 5.75 Å². The number of hydrogen-bond acceptors (Lipinski definition) is 3. The molecule has 1 atom stereocenters. The molecule has 0 amide bonds. The summed E-state index contributed by atoms with van der Waals surface area (Å²) < 4.78 is 7.33. The summed E-state index contributed by atoms with van der Waals surface area (Å²) in [4.78, 5) is 7.48. The van der Waals surface area contributed by atoms with Crippen LogP contribution in [0.25, 0.3) is 10.9 Å². The maximum absolute atomic E-state index is 5.25. The minimum Gasteiger partial charge on any atom is -0.497 e. The SMILES string of the molecule is COc1ccc2[nH]c(CNC(C)Cn3ccnc3)cc2c1. The standard InChI is InChI=1S/C16H20N4O/c1-12(10-20-6-5-17-11-20)18-9-14-7-13-8-15(21-2)3-4-16(13)19-14/h3-8,11-12,18-19H,9-10H2,1-2H3. The summed E-state index contributed by atoms with van der Waals surface area (Å²) in [5.41, 5.74) is 2.31. The van der Waals surface area contributed by atoms with Gasteiger partial charge in [0, 0.05) is 48.1 Å². The number of ether oxygens (including phenoxy) is 1. The molecule has 2 heterocycles. The highest BCUT2D eigenvalue weighted by Crippen LogP contribution is 2.21. The van der Waals surface area contributed by atoms with E-state index in [0.717, 1.165) is 24.4 Å². The largest absolute Gasteiger partial charge is 0.497 e. The molecule has 0 aliphatic carbocycles. The zero-order valence-corrected chi connectivity index (χ0v) is 12.3. The molecule has 3 rings (SSSR count). The van der Waals surface area contributed by atoms with Gasteiger partial charge in [-0.25, -0.2) is 4.98 Å². The predicted molar refractivity (Wildman–Crippen MR) is 83.4 cm³/mol. The third-order valence-corrected chi connectivity index (χ3v) is 3.57. The van der Waals surface area contributed by atoms with Crippen molar-refractivity contribution in [3.63, 3.8) is 0 Å². The van der Waals surface area contributed by atoms with Crippen LogP contribution in [0.4, 0.5) is 0 Å². The number of H-pyrrole nitrogens is 1. The minimum atomic E-state index is 0.375. The molecule has 0 bridgehead atoms. The van der Waals surface area contributed by atoms with Gasteiger partial charge in [-0.15, -0.1) is 0 Å². The topological polar surface area (TPSA) is 54.9 Å². The lowest BCUT2D eigenvalue weighted by atomic mass is 10.2. The fourth-order valence-corrected chi connectivity index (χ4v) is 2.45. The van der Waals surface area contributed by atoms with Crippen LogP contribution in [0.15, 0.2) is 43.0 Å². The average molecular weight is 284 g/mol. The molecule has 0 saturated carbocycles. The van der Waals surface area contributed by atoms with Crippen LogP contribution in [-0.2, 0) is 13.1 Å². The van der Waals surface area contributed by atoms with Crippen molar-refractivity contribution in [2.24, 2.45) is 0 Å². The number of hydrogen-bond donors (Lipinski definition) is 2. The number of fused-ring (bicyclic) bond motifs is 1. The van der Waals surface area contributed by atoms with E-state index in [1.165, 1.54) is 11.1 Å². The van der Waals surface area contributed by atoms with E-state index in [-0.39, 0.29) is 0 Å². The van der Waals surface area contributed by atoms with Crippen LogP contribution in [0, 0.1) is 0 Å². The van der Waals surface area contributed by atoms with E-state index in [0.29, 0.717) is 6.04 Å². The van der Waals surface area contributed by atoms with Crippen LogP contribution in [0.2, 0.25) is 0 Å². The molecule has 3 aromatic rings. The van der Waals surface area contributed by atoms with E-state index in [4.69, 9.17) is 4.74 Å². The van der Waals surface area contributed by atoms with Gasteiger partial charge in [0.25, 0.3) is 0 Å². The van der Waals surface area contributed by atoms with Crippen LogP contribution >= 0.6 is 0 Å². The van der Waals surface area contributed by atoms with E-state index >= 15 is 0 Å². The lowest BCUT2D eigenvalue weighted by molar-refractivity contribution is 0.415. The number of methoxy groups -OCH3 is 1. The normalized spacial score (nSPS) is 12.7. The molecule has 2 aromatic heterocycles. The van der Waals surface area contributed by atoms with Gasteiger partial charge in [0.15, 0.2) is 0 Å². The Labute approximate surface area is 124 Å². The van der Waals surface area contributed by atoms with Crippen LogP contribution in [0.5, 0.6) is 5.75 Å². The zero-order valence-electron chi connectivity index (χ0n) is 12.3. The molecule has 21 heavy (non-hydrogen) atoms. The Morgan fingerprint density at radius 2 is 2.29 bits per heavy atom. The van der Waals surface area contributed by atoms with Gasteiger partial charge in [-0.05, 0) is 31.2 Å². The van der Waals surface area contributed by atoms with Crippen molar-refractivity contribution in [2.45, 2.75) is 26.1 Å². The summed E-state index contributed by atoms with van der Waals surface area (Å²) in [6, 6.07) is 8.60. The van der Waals surface area contributed by atoms with Crippen molar-refractivity contribution >= 4 is 10.9 Å². The van der Waals surface area contributed by atoms with Crippen molar-refractivity contribution in [1.82, 2.24) is 19.9 Å². The van der Waals surface area contributed by atoms with E-state index in [1.54, 1.807) is 13.3 Å². The van der Waals surface area contributed by atoms with Crippen molar-refractivity contribution in [3.05, 3.63) is 48.7 Å². The second-order valence-corrected chi connectivity index (χ2v) is 5.29. The molecule has 0 aliphatic rings. The molecule has 1 unspecified atom stereocenters. The quantitative estimate of drug-likeness (QED) is 0.731. The maximum Gasteiger partial charge on any atom is 0.119 e. The minimum absolute atomic E-state index is 0.375. The lowest BCUT2D eigenvalue weighted by Gasteiger charge is -2.13. The first-order valence-electron chi connectivity index (χ1n) is 7.09. The first-order chi connectivity index (χ1) is 10.2. The second-order valence-electron chi connectivity index (χ2n) is 5.29. The average Bonchev–Trinajstić information content (AvgIpc) is 3.12. The van der Waals surface area contributed by atoms with Crippen molar-refractivity contribution in [2.75, 3.05) is 7.11 Å². The molecule has 0 radical (unpaired) electrons. The van der Waals surface area contributed by atoms with Gasteiger partial charge in [0.05, 0.1) is 13.4 Å². The van der Waals surface area contributed by atoms with E-state index in [9.17, 15) is 0 Å². The summed E-state index contributed by atoms with van der Waals surface area (Å²) in [7, 11) is 1.69. The fourth-order valence-electron chi connectivity index (χ4n) is 2.45. The molecule has 1 aromatic carbocycles. The lowest BCUT2D eigenvalue weighted by Crippen LogP contribution is -2.29. The first-order valence-corrected chi connectivity index (χ1v) is 7.09. The van der Waals surface area contributed by atoms with Gasteiger partial charge in [-0.2, -0.15) is 0 Å². The van der Waals surface area contributed by atoms with Crippen molar-refractivity contribution < 1.29 is 4.74 Å². The van der Waals surface area contributed by atoms with E-state index in [1.807, 2.05) is 30.7 Å². The number of imidazole rings is 1. The zero-order chi connectivity index (χ0) is 14.7. The molecule has 110 valence electrons. The highest BCUT2D eigenvalue weighted by atomic mass is 16.5. The van der Waals surface area contributed by atoms with Crippen LogP contribution in [-0.4, -0.2) is 27.7 Å². The number of rotatable bonds is 6. The van der Waals surface area contributed by atoms with Gasteiger partial charge >= 0.3 is 0 Å². The first kappa shape index (κ1) is 13.7. The van der Waals surface area contributed by atoms with Gasteiger partial charge < -0.3 is 19.6 Å². The summed E-state index contributed by atoms with van der Waals surface area (Å²) in [6.07, 6.45) is 5.62. The summed E-state index contributed by atoms with van der Waals surface area (Å²) in [5, 5.41) is 4.69. The molecule has 0 aliphatic heterocycles. The number of benzene rings is 1. The summed E-state index contributed by atoms with van der Waals surface area (Å²) in [6.45, 7) is 3.90. The third-order valence-electron chi connectivity index (χ3n) is 3.57. The number of nitrogens with zero attached hydrogens (tertiary/aromatic N) is 2. The molecule has 0 fully saturated rings. The maximum atomic E-state index is 5.25. The number of aromatic nitrogens is 3. The number of aromatic amines is 1. The van der Waals surface area contributed by atoms with Crippen LogP contribution in [0.3, 0.4) is 0 Å². The Morgan fingerprint density at radius 3 is 3.05 bits per heavy atom. The fraction of sp³-hybridized carbons (Fsp3) is 0.312. The Kier molecular flexibility index (Phi) is 3.92. The third kappa shape index (κ3) is 3.25. The van der Waals surface area contributed by atoms with Gasteiger partial charge in [0.2, 0.25) is 0 Å². The molecule has 2 N–H and O–H groups in total. The highest BCUT2D eigenvalue weighted by Gasteiger charge is 2.05. The summed E-state index contributed by atoms with van der Waals surface area (Å²) in [5.74, 6) is 0.884. The van der Waals surface area contributed by atoms with E-state index < -0.39 is 0 Å². The van der Waals surface area contributed by atoms with E-state index in [2.05, 4.69) is 32.8 Å². The van der Waals surface area contributed by atoms with Crippen LogP contribution in [0.1, 0.15) is 12.6 Å². The van der Waals surface area contributed by atoms with Gasteiger partial charge in [-0.3, -0.25) is 0 Å². The van der Waals surface area contributed by atoms with Crippen molar-refractivity contribution in [1.29, 1.82) is 0 Å². The summed E-state index contributed by atoms with van der Waals surface area (Å²) >= 11 is 0. The Bertz CT molecular complexity index is 702. The molecule has 0 spiro atoms. The molecule has 5 nitrogen and oxygen atoms in total. The number of nitrogens with one attached hydrogen (secondary N) is 2. The van der Waals surface area contributed by atoms with Gasteiger partial charge in [-0.1, -0.05) is 0 Å². The Hall–Kier alpha value is -2.27. The monoisotopic (exact) mass is 284 g/mol. The molecule has 0 saturated heterocycles. The smallest absolute Gasteiger partial charge is 0.119 e. The predicted octanol–water partition coefficient (Wildman–Crippen LogP) is 2.55. The molecular formula is C16H20N4O. The molecule has 5 heteroatoms. The molecular weight excluding hydrogens is 264 g/mol.